The van der Waals surface area contributed by atoms with Gasteiger partial charge < -0.3 is 20.0 Å². The molecule has 2 aromatic rings. The number of benzene rings is 2. The normalized spacial score (nSPS) is 28.3. The minimum absolute atomic E-state index is 0.0178. The predicted octanol–water partition coefficient (Wildman–Crippen LogP) is 8.37. The number of aliphatic imine (C=N–C) groups is 1. The van der Waals surface area contributed by atoms with E-state index in [0.29, 0.717) is 72.8 Å². The summed E-state index contributed by atoms with van der Waals surface area (Å²) in [7, 11) is 0. The number of rotatable bonds is 10. The van der Waals surface area contributed by atoms with E-state index in [-0.39, 0.29) is 34.6 Å². The monoisotopic (exact) mass is 927 g/mol. The van der Waals surface area contributed by atoms with Crippen LogP contribution in [0.3, 0.4) is 0 Å². The number of hydrogen-bond donors (Lipinski definition) is 3. The van der Waals surface area contributed by atoms with E-state index in [1.54, 1.807) is 30.5 Å². The maximum Gasteiger partial charge on any atom is 0.240 e. The van der Waals surface area contributed by atoms with Crippen molar-refractivity contribution in [3.63, 3.8) is 0 Å². The third kappa shape index (κ3) is 8.94. The number of carbonyl (C=O) groups is 4. The fraction of sp³-hybridized carbons (Fsp3) is 0.588. The maximum absolute atomic E-state index is 16.4. The molecule has 5 saturated heterocycles. The molecule has 348 valence electrons. The van der Waals surface area contributed by atoms with E-state index in [0.717, 1.165) is 94.6 Å². The van der Waals surface area contributed by atoms with E-state index in [2.05, 4.69) is 37.3 Å². The Morgan fingerprint density at radius 1 is 0.877 bits per heavy atom. The summed E-state index contributed by atoms with van der Waals surface area (Å²) in [5.74, 6) is 0.252. The summed E-state index contributed by atoms with van der Waals surface area (Å²) in [6.07, 6.45) is 16.4. The summed E-state index contributed by atoms with van der Waals surface area (Å²) < 4.78 is 16.4. The molecule has 6 fully saturated rings. The minimum atomic E-state index is -1.23. The Hall–Kier alpha value is -4.10. The number of hydrogen-bond acceptors (Lipinski definition) is 8. The number of nitrogens with zero attached hydrogens (tertiary/aromatic N) is 4. The number of imide groups is 1. The van der Waals surface area contributed by atoms with Gasteiger partial charge in [0.2, 0.25) is 23.6 Å². The van der Waals surface area contributed by atoms with Crippen molar-refractivity contribution in [1.82, 2.24) is 25.3 Å². The number of anilines is 1. The molecule has 0 aromatic heterocycles. The SMILES string of the molecule is C=C(/N=C\C=C(/C)C1CCC(=O)NC1=O)N1CCC(CN2CCC(CC3CCN(C(=O)C4NC5(CCCCC5)[C@@]5(C(=O)Nc6cc(Cl)ccc65)C4c4cccc(Cl)c4F)CC3)CC2)CC1. The molecular weight excluding hydrogens is 865 g/mol. The first-order valence-corrected chi connectivity index (χ1v) is 24.9. The lowest BCUT2D eigenvalue weighted by Crippen LogP contribution is -2.60. The smallest absolute Gasteiger partial charge is 0.240 e. The molecule has 2 spiro atoms. The summed E-state index contributed by atoms with van der Waals surface area (Å²) >= 11 is 12.9. The lowest BCUT2D eigenvalue weighted by molar-refractivity contribution is -0.136. The molecule has 65 heavy (non-hydrogen) atoms. The van der Waals surface area contributed by atoms with Gasteiger partial charge in [-0.05, 0) is 137 Å². The van der Waals surface area contributed by atoms with Crippen LogP contribution >= 0.6 is 23.2 Å². The van der Waals surface area contributed by atoms with Gasteiger partial charge in [0, 0.05) is 67.5 Å². The highest BCUT2D eigenvalue weighted by molar-refractivity contribution is 6.31. The van der Waals surface area contributed by atoms with Crippen LogP contribution in [-0.4, -0.2) is 102 Å². The standard InChI is InChI=1S/C51H64Cl2FN7O4/c1-32(38-10-12-43(62)57-47(38)63)13-22-55-33(2)60-25-18-36(19-26-60)31-59-23-14-34(15-24-59)29-35-16-27-61(28-17-35)48(64)46-44(39-7-6-8-41(53)45(39)54)51(50(58-46)20-4-3-5-21-50)40-11-9-37(52)30-42(40)56-49(51)65/h6-9,11,13,22,30,34-36,38,44,46,58H,2-5,10,12,14-21,23-29,31H2,1H3,(H,56,65)(H,57,62,63)/b32-13+,55-22-/t38?,44?,46?,51-/m1/s1. The largest absolute Gasteiger partial charge is 0.357 e. The molecule has 9 rings (SSSR count). The van der Waals surface area contributed by atoms with Gasteiger partial charge in [0.15, 0.2) is 0 Å². The summed E-state index contributed by atoms with van der Waals surface area (Å²) in [5, 5.41) is 9.87. The molecule has 3 unspecified atom stereocenters. The average Bonchev–Trinajstić information content (AvgIpc) is 3.75. The molecule has 4 amide bonds. The Balaban J connectivity index is 0.774. The van der Waals surface area contributed by atoms with Crippen LogP contribution in [-0.2, 0) is 24.6 Å². The number of carbonyl (C=O) groups excluding carboxylic acids is 4. The number of nitrogens with one attached hydrogen (secondary N) is 3. The number of amides is 4. The van der Waals surface area contributed by atoms with Gasteiger partial charge in [-0.1, -0.05) is 72.8 Å². The van der Waals surface area contributed by atoms with Crippen molar-refractivity contribution in [3.8, 4) is 0 Å². The van der Waals surface area contributed by atoms with Crippen LogP contribution in [0, 0.1) is 29.5 Å². The molecule has 6 aliphatic heterocycles. The van der Waals surface area contributed by atoms with E-state index >= 15 is 9.18 Å². The van der Waals surface area contributed by atoms with Crippen LogP contribution in [0.2, 0.25) is 10.0 Å². The second-order valence-electron chi connectivity index (χ2n) is 20.1. The molecule has 3 N–H and O–H groups in total. The van der Waals surface area contributed by atoms with E-state index in [1.165, 1.54) is 25.3 Å². The van der Waals surface area contributed by atoms with Gasteiger partial charge >= 0.3 is 0 Å². The van der Waals surface area contributed by atoms with E-state index < -0.39 is 28.7 Å². The first-order chi connectivity index (χ1) is 31.4. The van der Waals surface area contributed by atoms with Gasteiger partial charge in [0.1, 0.15) is 17.1 Å². The maximum atomic E-state index is 16.4. The van der Waals surface area contributed by atoms with Crippen molar-refractivity contribution < 1.29 is 23.6 Å². The highest BCUT2D eigenvalue weighted by Gasteiger charge is 2.72. The molecule has 1 saturated carbocycles. The van der Waals surface area contributed by atoms with Crippen LogP contribution in [0.4, 0.5) is 10.1 Å². The van der Waals surface area contributed by atoms with Crippen LogP contribution in [0.15, 0.2) is 65.4 Å². The summed E-state index contributed by atoms with van der Waals surface area (Å²) in [4.78, 5) is 64.9. The number of halogens is 3. The summed E-state index contributed by atoms with van der Waals surface area (Å²) in [6.45, 7) is 12.7. The van der Waals surface area contributed by atoms with Crippen molar-refractivity contribution in [3.05, 3.63) is 87.4 Å². The number of allylic oxidation sites excluding steroid dienone is 1. The summed E-state index contributed by atoms with van der Waals surface area (Å²) in [5.41, 5.74) is 0.625. The van der Waals surface area contributed by atoms with Gasteiger partial charge in [-0.3, -0.25) is 29.8 Å². The fourth-order valence-corrected chi connectivity index (χ4v) is 13.3. The van der Waals surface area contributed by atoms with E-state index in [9.17, 15) is 14.4 Å². The van der Waals surface area contributed by atoms with Crippen LogP contribution in [0.5, 0.6) is 0 Å². The first-order valence-electron chi connectivity index (χ1n) is 24.2. The van der Waals surface area contributed by atoms with Crippen molar-refractivity contribution in [2.45, 2.75) is 120 Å². The number of piperidine rings is 4. The van der Waals surface area contributed by atoms with Crippen molar-refractivity contribution in [2.75, 3.05) is 51.1 Å². The first kappa shape index (κ1) is 46.0. The highest BCUT2D eigenvalue weighted by Crippen LogP contribution is 2.63. The molecule has 0 bridgehead atoms. The number of fused-ring (bicyclic) bond motifs is 3. The Kier molecular flexibility index (Phi) is 13.6. The Morgan fingerprint density at radius 2 is 1.55 bits per heavy atom. The molecule has 2 aromatic carbocycles. The molecule has 4 atom stereocenters. The van der Waals surface area contributed by atoms with Crippen molar-refractivity contribution in [1.29, 1.82) is 0 Å². The van der Waals surface area contributed by atoms with Crippen LogP contribution in [0.1, 0.15) is 114 Å². The zero-order valence-electron chi connectivity index (χ0n) is 37.7. The molecule has 11 nitrogen and oxygen atoms in total. The van der Waals surface area contributed by atoms with E-state index in [4.69, 9.17) is 23.2 Å². The topological polar surface area (TPSA) is 126 Å². The fourth-order valence-electron chi connectivity index (χ4n) is 13.0. The Morgan fingerprint density at radius 3 is 2.26 bits per heavy atom. The van der Waals surface area contributed by atoms with Gasteiger partial charge in [0.05, 0.1) is 17.0 Å². The lowest BCUT2D eigenvalue weighted by atomic mass is 9.55. The molecule has 0 radical (unpaired) electrons. The quantitative estimate of drug-likeness (QED) is 0.162. The second kappa shape index (κ2) is 19.2. The van der Waals surface area contributed by atoms with E-state index in [1.807, 2.05) is 24.0 Å². The molecular formula is C51H64Cl2FN7O4. The number of likely N-dealkylation sites (tertiary alicyclic amines) is 3. The lowest BCUT2D eigenvalue weighted by Gasteiger charge is -2.47. The van der Waals surface area contributed by atoms with Gasteiger partial charge in [-0.2, -0.15) is 0 Å². The molecule has 7 aliphatic rings. The second-order valence-corrected chi connectivity index (χ2v) is 21.0. The van der Waals surface area contributed by atoms with Gasteiger partial charge in [-0.15, -0.1) is 0 Å². The minimum Gasteiger partial charge on any atom is -0.357 e. The Bertz CT molecular complexity index is 2240. The Labute approximate surface area is 393 Å². The zero-order valence-corrected chi connectivity index (χ0v) is 39.2. The third-order valence-corrected chi connectivity index (χ3v) is 17.0. The zero-order chi connectivity index (χ0) is 45.5. The molecule has 1 aliphatic carbocycles. The van der Waals surface area contributed by atoms with Gasteiger partial charge in [-0.25, -0.2) is 9.38 Å². The van der Waals surface area contributed by atoms with Crippen molar-refractivity contribution in [2.24, 2.45) is 28.7 Å². The van der Waals surface area contributed by atoms with Gasteiger partial charge in [0.25, 0.3) is 0 Å². The molecule has 14 heteroatoms. The van der Waals surface area contributed by atoms with Crippen molar-refractivity contribution >= 4 is 58.7 Å². The highest BCUT2D eigenvalue weighted by atomic mass is 35.5. The van der Waals surface area contributed by atoms with Crippen LogP contribution in [0.25, 0.3) is 0 Å². The average molecular weight is 929 g/mol. The molecule has 6 heterocycles. The predicted molar refractivity (Wildman–Crippen MR) is 253 cm³/mol. The third-order valence-electron chi connectivity index (χ3n) is 16.4. The van der Waals surface area contributed by atoms with Crippen LogP contribution < -0.4 is 16.0 Å². The summed E-state index contributed by atoms with van der Waals surface area (Å²) in [6, 6.07) is 9.63.